The lowest BCUT2D eigenvalue weighted by Crippen LogP contribution is -2.45. The molecule has 252 valence electrons. The van der Waals surface area contributed by atoms with Gasteiger partial charge in [-0.2, -0.15) is 0 Å². The first kappa shape index (κ1) is 32.5. The zero-order chi connectivity index (χ0) is 33.6. The molecule has 15 nitrogen and oxygen atoms in total. The van der Waals surface area contributed by atoms with Crippen LogP contribution in [0, 0.1) is 6.92 Å². The third-order valence-corrected chi connectivity index (χ3v) is 8.64. The molecule has 4 aliphatic rings. The van der Waals surface area contributed by atoms with Crippen molar-refractivity contribution in [3.05, 3.63) is 70.5 Å². The van der Waals surface area contributed by atoms with E-state index in [4.69, 9.17) is 9.47 Å². The Balaban J connectivity index is 1.23. The highest BCUT2D eigenvalue weighted by Crippen LogP contribution is 2.23. The summed E-state index contributed by atoms with van der Waals surface area (Å²) in [5.74, 6) is -1.54. The number of hydrogen-bond donors (Lipinski definition) is 4. The summed E-state index contributed by atoms with van der Waals surface area (Å²) < 4.78 is 16.6. The largest absolute Gasteiger partial charge is 0.486 e. The number of hydrogen-bond acceptors (Lipinski definition) is 10. The summed E-state index contributed by atoms with van der Waals surface area (Å²) in [6, 6.07) is 11.0. The molecule has 48 heavy (non-hydrogen) atoms. The van der Waals surface area contributed by atoms with Crippen molar-refractivity contribution in [3.63, 3.8) is 0 Å². The highest BCUT2D eigenvalue weighted by atomic mass is 16.6. The van der Waals surface area contributed by atoms with Gasteiger partial charge in [-0.25, -0.2) is 4.63 Å². The fourth-order valence-corrected chi connectivity index (χ4v) is 6.00. The number of ether oxygens (including phenoxy) is 2. The number of likely N-dealkylation sites (tertiary alicyclic amines) is 1. The minimum atomic E-state index is -0.651. The number of carbonyl (C=O) groups is 5. The number of nitrogens with one attached hydrogen (secondary N) is 4. The van der Waals surface area contributed by atoms with E-state index in [2.05, 4.69) is 36.2 Å². The number of aromatic nitrogens is 2. The van der Waals surface area contributed by atoms with Crippen molar-refractivity contribution in [2.75, 3.05) is 26.2 Å². The summed E-state index contributed by atoms with van der Waals surface area (Å²) in [5.41, 5.74) is 1.47. The lowest BCUT2D eigenvalue weighted by atomic mass is 9.95. The van der Waals surface area contributed by atoms with Gasteiger partial charge in [0.05, 0.1) is 19.1 Å². The second kappa shape index (κ2) is 14.5. The van der Waals surface area contributed by atoms with E-state index in [9.17, 15) is 24.0 Å². The van der Waals surface area contributed by atoms with E-state index < -0.39 is 29.9 Å². The van der Waals surface area contributed by atoms with Gasteiger partial charge in [-0.3, -0.25) is 24.0 Å². The van der Waals surface area contributed by atoms with Crippen LogP contribution < -0.4 is 30.7 Å². The molecule has 2 aromatic carbocycles. The van der Waals surface area contributed by atoms with E-state index in [1.54, 1.807) is 31.2 Å². The van der Waals surface area contributed by atoms with Gasteiger partial charge in [0.2, 0.25) is 5.91 Å². The van der Waals surface area contributed by atoms with Crippen LogP contribution in [0.1, 0.15) is 74.6 Å². The van der Waals surface area contributed by atoms with E-state index in [0.717, 1.165) is 37.7 Å². The number of nitrogens with zero attached hydrogens (tertiary/aromatic N) is 3. The average molecular weight is 660 g/mol. The van der Waals surface area contributed by atoms with Crippen molar-refractivity contribution in [1.29, 1.82) is 0 Å². The molecule has 1 saturated carbocycles. The van der Waals surface area contributed by atoms with Crippen molar-refractivity contribution in [3.8, 4) is 11.5 Å². The van der Waals surface area contributed by atoms with Gasteiger partial charge >= 0.3 is 0 Å². The Morgan fingerprint density at radius 2 is 1.75 bits per heavy atom. The summed E-state index contributed by atoms with van der Waals surface area (Å²) in [4.78, 5) is 66.8. The van der Waals surface area contributed by atoms with Crippen LogP contribution in [0.25, 0.3) is 0 Å². The average Bonchev–Trinajstić information content (AvgIpc) is 3.71. The number of benzene rings is 2. The highest BCUT2D eigenvalue weighted by molar-refractivity contribution is 6.01. The standard InChI is InChI=1S/C33H37N7O8/c1-19-30(39-48-38-19)33(45)35-15-29(42)40-16-26-27(17-40)47-24-9-7-20(8-10-24)14-34-28(41)18-46-25-12-21(11-22(13-25)32(44)37-26)31(43)36-23-5-3-2-4-6-23/h7-13,23,26-27H,2-6,14-18H2,1H3,(H,34,41)(H,35,45)(H,36,43)(H,37,44)/t26-,27-/m0/s1. The molecule has 15 heteroatoms. The number of rotatable bonds is 5. The van der Waals surface area contributed by atoms with E-state index in [1.165, 1.54) is 23.1 Å². The molecular weight excluding hydrogens is 622 g/mol. The lowest BCUT2D eigenvalue weighted by Gasteiger charge is -2.23. The second-order valence-electron chi connectivity index (χ2n) is 12.2. The molecule has 4 bridgehead atoms. The van der Waals surface area contributed by atoms with Crippen LogP contribution >= 0.6 is 0 Å². The van der Waals surface area contributed by atoms with E-state index >= 15 is 0 Å². The summed E-state index contributed by atoms with van der Waals surface area (Å²) in [6.07, 6.45) is 4.33. The molecule has 3 aliphatic heterocycles. The Hall–Kier alpha value is -5.47. The molecule has 7 rings (SSSR count). The van der Waals surface area contributed by atoms with Gasteiger partial charge in [0, 0.05) is 30.3 Å². The highest BCUT2D eigenvalue weighted by Gasteiger charge is 2.38. The van der Waals surface area contributed by atoms with Gasteiger partial charge in [0.1, 0.15) is 23.3 Å². The topological polar surface area (TPSA) is 194 Å². The monoisotopic (exact) mass is 659 g/mol. The van der Waals surface area contributed by atoms with Crippen LogP contribution in [-0.4, -0.2) is 89.2 Å². The smallest absolute Gasteiger partial charge is 0.275 e. The molecule has 0 radical (unpaired) electrons. The summed E-state index contributed by atoms with van der Waals surface area (Å²) in [5, 5.41) is 18.5. The Morgan fingerprint density at radius 1 is 0.958 bits per heavy atom. The van der Waals surface area contributed by atoms with Crippen LogP contribution in [0.15, 0.2) is 47.1 Å². The molecular formula is C33H37N7O8. The van der Waals surface area contributed by atoms with E-state index in [1.807, 2.05) is 0 Å². The molecule has 1 saturated heterocycles. The number of aryl methyl sites for hydroxylation is 1. The fraction of sp³-hybridized carbons (Fsp3) is 0.424. The first-order chi connectivity index (χ1) is 23.2. The molecule has 3 aromatic rings. The normalized spacial score (nSPS) is 20.0. The fourth-order valence-electron chi connectivity index (χ4n) is 6.00. The first-order valence-corrected chi connectivity index (χ1v) is 16.0. The Morgan fingerprint density at radius 3 is 2.50 bits per heavy atom. The zero-order valence-electron chi connectivity index (χ0n) is 26.5. The number of amides is 5. The van der Waals surface area contributed by atoms with Crippen LogP contribution in [0.5, 0.6) is 11.5 Å². The predicted octanol–water partition coefficient (Wildman–Crippen LogP) is 1.27. The SMILES string of the molecule is Cc1nonc1C(=O)NCC(=O)N1C[C@@H]2NC(=O)c3cc(cc(C(=O)NC4CCCCC4)c3)OCC(=O)NCc3ccc(cc3)O[C@H]2C1. The van der Waals surface area contributed by atoms with Crippen molar-refractivity contribution in [1.82, 2.24) is 36.5 Å². The van der Waals surface area contributed by atoms with Crippen molar-refractivity contribution < 1.29 is 38.1 Å². The molecule has 0 spiro atoms. The van der Waals surface area contributed by atoms with Gasteiger partial charge < -0.3 is 35.6 Å². The predicted molar refractivity (Wildman–Crippen MR) is 168 cm³/mol. The zero-order valence-corrected chi connectivity index (χ0v) is 26.5. The van der Waals surface area contributed by atoms with E-state index in [-0.39, 0.29) is 73.2 Å². The van der Waals surface area contributed by atoms with Crippen molar-refractivity contribution in [2.24, 2.45) is 0 Å². The maximum atomic E-state index is 13.8. The third-order valence-electron chi connectivity index (χ3n) is 8.64. The molecule has 2 atom stereocenters. The molecule has 2 fully saturated rings. The minimum Gasteiger partial charge on any atom is -0.486 e. The maximum absolute atomic E-state index is 13.8. The van der Waals surface area contributed by atoms with Gasteiger partial charge in [0.15, 0.2) is 12.3 Å². The summed E-state index contributed by atoms with van der Waals surface area (Å²) in [7, 11) is 0. The lowest BCUT2D eigenvalue weighted by molar-refractivity contribution is -0.129. The van der Waals surface area contributed by atoms with Gasteiger partial charge in [-0.1, -0.05) is 36.6 Å². The van der Waals surface area contributed by atoms with Crippen LogP contribution in [0.3, 0.4) is 0 Å². The molecule has 1 aliphatic carbocycles. The maximum Gasteiger partial charge on any atom is 0.275 e. The molecule has 1 aromatic heterocycles. The van der Waals surface area contributed by atoms with Crippen molar-refractivity contribution in [2.45, 2.75) is 63.8 Å². The molecule has 4 N–H and O–H groups in total. The minimum absolute atomic E-state index is 0.0174. The third kappa shape index (κ3) is 7.90. The second-order valence-corrected chi connectivity index (χ2v) is 12.2. The van der Waals surface area contributed by atoms with Crippen LogP contribution in [0.2, 0.25) is 0 Å². The molecule has 5 amide bonds. The van der Waals surface area contributed by atoms with Crippen LogP contribution in [-0.2, 0) is 16.1 Å². The molecule has 4 heterocycles. The first-order valence-electron chi connectivity index (χ1n) is 16.0. The Kier molecular flexibility index (Phi) is 9.83. The summed E-state index contributed by atoms with van der Waals surface area (Å²) >= 11 is 0. The van der Waals surface area contributed by atoms with Gasteiger partial charge in [-0.15, -0.1) is 0 Å². The Bertz CT molecular complexity index is 1690. The number of fused-ring (bicyclic) bond motifs is 7. The Labute approximate surface area is 276 Å². The quantitative estimate of drug-likeness (QED) is 0.310. The molecule has 0 unspecified atom stereocenters. The van der Waals surface area contributed by atoms with Crippen LogP contribution in [0.4, 0.5) is 0 Å². The number of carbonyl (C=O) groups excluding carboxylic acids is 5. The van der Waals surface area contributed by atoms with Gasteiger partial charge in [-0.05, 0) is 60.8 Å². The van der Waals surface area contributed by atoms with Crippen molar-refractivity contribution >= 4 is 29.5 Å². The summed E-state index contributed by atoms with van der Waals surface area (Å²) in [6.45, 7) is 1.39. The van der Waals surface area contributed by atoms with Gasteiger partial charge in [0.25, 0.3) is 23.6 Å². The van der Waals surface area contributed by atoms with E-state index in [0.29, 0.717) is 11.4 Å².